The van der Waals surface area contributed by atoms with Crippen LogP contribution in [-0.4, -0.2) is 17.5 Å². The highest BCUT2D eigenvalue weighted by Gasteiger charge is 2.22. The van der Waals surface area contributed by atoms with E-state index in [1.165, 1.54) is 24.3 Å². The topological polar surface area (TPSA) is 93.2 Å². The van der Waals surface area contributed by atoms with E-state index in [0.717, 1.165) is 0 Å². The van der Waals surface area contributed by atoms with Gasteiger partial charge in [0.2, 0.25) is 0 Å². The van der Waals surface area contributed by atoms with Crippen LogP contribution < -0.4 is 0 Å². The van der Waals surface area contributed by atoms with Crippen LogP contribution >= 0.6 is 0 Å². The summed E-state index contributed by atoms with van der Waals surface area (Å²) in [4.78, 5) is 21.3. The number of nitriles is 1. The van der Waals surface area contributed by atoms with Crippen molar-refractivity contribution in [1.82, 2.24) is 0 Å². The number of hydrogen-bond donors (Lipinski definition) is 0. The van der Waals surface area contributed by atoms with Gasteiger partial charge in [-0.05, 0) is 12.5 Å². The quantitative estimate of drug-likeness (QED) is 0.449. The Morgan fingerprint density at radius 3 is 2.53 bits per heavy atom. The van der Waals surface area contributed by atoms with E-state index in [-0.39, 0.29) is 12.3 Å². The van der Waals surface area contributed by atoms with Crippen molar-refractivity contribution in [3.8, 4) is 6.07 Å². The van der Waals surface area contributed by atoms with E-state index < -0.39 is 16.8 Å². The summed E-state index contributed by atoms with van der Waals surface area (Å²) in [5, 5.41) is 19.3. The molecule has 1 aromatic rings. The molecule has 0 radical (unpaired) electrons. The molecule has 0 bridgehead atoms. The highest BCUT2D eigenvalue weighted by Crippen LogP contribution is 2.20. The number of rotatable bonds is 4. The van der Waals surface area contributed by atoms with Crippen LogP contribution in [0.25, 0.3) is 0 Å². The monoisotopic (exact) mass is 234 g/mol. The second-order valence-electron chi connectivity index (χ2n) is 3.16. The molecule has 6 nitrogen and oxygen atoms in total. The summed E-state index contributed by atoms with van der Waals surface area (Å²) < 4.78 is 4.73. The van der Waals surface area contributed by atoms with Crippen molar-refractivity contribution < 1.29 is 14.5 Å². The van der Waals surface area contributed by atoms with Crippen molar-refractivity contribution in [2.45, 2.75) is 12.8 Å². The molecule has 1 atom stereocenters. The van der Waals surface area contributed by atoms with Crippen LogP contribution in [0.4, 0.5) is 5.69 Å². The number of nitro benzene ring substituents is 1. The second kappa shape index (κ2) is 5.61. The number of hydrogen-bond acceptors (Lipinski definition) is 5. The molecule has 0 fully saturated rings. The number of nitro groups is 1. The fraction of sp³-hybridized carbons (Fsp3) is 0.273. The Kier molecular flexibility index (Phi) is 4.17. The molecule has 0 saturated carbocycles. The van der Waals surface area contributed by atoms with Gasteiger partial charge in [-0.3, -0.25) is 14.9 Å². The van der Waals surface area contributed by atoms with Gasteiger partial charge in [0.05, 0.1) is 17.6 Å². The molecule has 0 saturated heterocycles. The van der Waals surface area contributed by atoms with Crippen LogP contribution in [0.5, 0.6) is 0 Å². The van der Waals surface area contributed by atoms with Crippen LogP contribution in [0, 0.1) is 21.4 Å². The van der Waals surface area contributed by atoms with Crippen LogP contribution in [0.1, 0.15) is 18.4 Å². The zero-order valence-electron chi connectivity index (χ0n) is 9.12. The third-order valence-corrected chi connectivity index (χ3v) is 2.09. The molecule has 0 aliphatic carbocycles. The third kappa shape index (κ3) is 3.01. The fourth-order valence-corrected chi connectivity index (χ4v) is 1.28. The minimum absolute atomic E-state index is 0.0886. The lowest BCUT2D eigenvalue weighted by molar-refractivity contribution is -0.384. The molecule has 17 heavy (non-hydrogen) atoms. The molecule has 0 N–H and O–H groups in total. The maximum absolute atomic E-state index is 11.4. The normalized spacial score (nSPS) is 11.3. The Bertz CT molecular complexity index is 461. The molecule has 0 spiro atoms. The first kappa shape index (κ1) is 12.6. The van der Waals surface area contributed by atoms with Gasteiger partial charge in [-0.15, -0.1) is 0 Å². The van der Waals surface area contributed by atoms with Gasteiger partial charge in [0.1, 0.15) is 0 Å². The molecule has 0 aliphatic heterocycles. The predicted molar refractivity (Wildman–Crippen MR) is 58.1 cm³/mol. The number of carbonyl (C=O) groups is 1. The van der Waals surface area contributed by atoms with Crippen LogP contribution in [0.2, 0.25) is 0 Å². The lowest BCUT2D eigenvalue weighted by Crippen LogP contribution is -2.14. The first-order chi connectivity index (χ1) is 8.10. The summed E-state index contributed by atoms with van der Waals surface area (Å²) in [5.74, 6) is -1.69. The molecule has 0 unspecified atom stereocenters. The van der Waals surface area contributed by atoms with Gasteiger partial charge in [0.25, 0.3) is 5.69 Å². The van der Waals surface area contributed by atoms with Crippen LogP contribution in [-0.2, 0) is 9.53 Å². The highest BCUT2D eigenvalue weighted by atomic mass is 16.6. The SMILES string of the molecule is CCOC(=O)[C@@H](C#N)c1ccc([N+](=O)[O-])cc1. The molecule has 0 aromatic heterocycles. The van der Waals surface area contributed by atoms with Crippen molar-refractivity contribution in [2.24, 2.45) is 0 Å². The molecule has 1 aromatic carbocycles. The maximum atomic E-state index is 11.4. The minimum Gasteiger partial charge on any atom is -0.465 e. The largest absolute Gasteiger partial charge is 0.465 e. The first-order valence-electron chi connectivity index (χ1n) is 4.90. The Morgan fingerprint density at radius 2 is 2.12 bits per heavy atom. The predicted octanol–water partition coefficient (Wildman–Crippen LogP) is 1.77. The van der Waals surface area contributed by atoms with Gasteiger partial charge in [-0.1, -0.05) is 12.1 Å². The summed E-state index contributed by atoms with van der Waals surface area (Å²) in [7, 11) is 0. The average Bonchev–Trinajstić information content (AvgIpc) is 2.31. The van der Waals surface area contributed by atoms with Crippen molar-refractivity contribution in [1.29, 1.82) is 5.26 Å². The van der Waals surface area contributed by atoms with Crippen molar-refractivity contribution >= 4 is 11.7 Å². The Morgan fingerprint density at radius 1 is 1.53 bits per heavy atom. The lowest BCUT2D eigenvalue weighted by Gasteiger charge is -2.07. The lowest BCUT2D eigenvalue weighted by atomic mass is 10.0. The van der Waals surface area contributed by atoms with E-state index in [1.54, 1.807) is 6.92 Å². The molecule has 0 amide bonds. The van der Waals surface area contributed by atoms with Gasteiger partial charge < -0.3 is 4.74 Å². The van der Waals surface area contributed by atoms with E-state index in [9.17, 15) is 14.9 Å². The van der Waals surface area contributed by atoms with Gasteiger partial charge in [-0.25, -0.2) is 0 Å². The van der Waals surface area contributed by atoms with E-state index in [4.69, 9.17) is 10.00 Å². The van der Waals surface area contributed by atoms with Gasteiger partial charge >= 0.3 is 5.97 Å². The Hall–Kier alpha value is -2.42. The molecule has 88 valence electrons. The van der Waals surface area contributed by atoms with E-state index >= 15 is 0 Å². The molecule has 0 aliphatic rings. The van der Waals surface area contributed by atoms with Crippen LogP contribution in [0.3, 0.4) is 0 Å². The van der Waals surface area contributed by atoms with Crippen molar-refractivity contribution in [3.63, 3.8) is 0 Å². The summed E-state index contributed by atoms with van der Waals surface area (Å²) in [6.45, 7) is 1.83. The molecule has 0 heterocycles. The number of ether oxygens (including phenoxy) is 1. The summed E-state index contributed by atoms with van der Waals surface area (Å²) in [5.41, 5.74) is 0.297. The van der Waals surface area contributed by atoms with Crippen LogP contribution in [0.15, 0.2) is 24.3 Å². The van der Waals surface area contributed by atoms with Gasteiger partial charge in [-0.2, -0.15) is 5.26 Å². The number of nitrogens with zero attached hydrogens (tertiary/aromatic N) is 2. The zero-order valence-corrected chi connectivity index (χ0v) is 9.12. The summed E-state index contributed by atoms with van der Waals surface area (Å²) >= 11 is 0. The maximum Gasteiger partial charge on any atom is 0.327 e. The van der Waals surface area contributed by atoms with Gasteiger partial charge in [0.15, 0.2) is 5.92 Å². The van der Waals surface area contributed by atoms with E-state index in [2.05, 4.69) is 0 Å². The number of esters is 1. The first-order valence-corrected chi connectivity index (χ1v) is 4.90. The average molecular weight is 234 g/mol. The standard InChI is InChI=1S/C11H10N2O4/c1-2-17-11(14)10(7-12)8-3-5-9(6-4-8)13(15)16/h3-6,10H,2H2,1H3/t10-/m0/s1. The third-order valence-electron chi connectivity index (χ3n) is 2.09. The smallest absolute Gasteiger partial charge is 0.327 e. The Balaban J connectivity index is 2.94. The van der Waals surface area contributed by atoms with Gasteiger partial charge in [0, 0.05) is 12.1 Å². The van der Waals surface area contributed by atoms with E-state index in [1.807, 2.05) is 6.07 Å². The number of non-ortho nitro benzene ring substituents is 1. The number of benzene rings is 1. The molecular weight excluding hydrogens is 224 g/mol. The zero-order chi connectivity index (χ0) is 12.8. The van der Waals surface area contributed by atoms with Crippen molar-refractivity contribution in [3.05, 3.63) is 39.9 Å². The minimum atomic E-state index is -1.05. The fourth-order valence-electron chi connectivity index (χ4n) is 1.28. The number of carbonyl (C=O) groups excluding carboxylic acids is 1. The Labute approximate surface area is 97.6 Å². The highest BCUT2D eigenvalue weighted by molar-refractivity contribution is 5.81. The summed E-state index contributed by atoms with van der Waals surface area (Å²) in [6.07, 6.45) is 0. The van der Waals surface area contributed by atoms with E-state index in [0.29, 0.717) is 5.56 Å². The summed E-state index contributed by atoms with van der Waals surface area (Å²) in [6, 6.07) is 7.06. The molecular formula is C11H10N2O4. The molecule has 6 heteroatoms. The van der Waals surface area contributed by atoms with Crippen molar-refractivity contribution in [2.75, 3.05) is 6.61 Å². The molecule has 1 rings (SSSR count). The second-order valence-corrected chi connectivity index (χ2v) is 3.16.